The van der Waals surface area contributed by atoms with Crippen molar-refractivity contribution >= 4 is 11.8 Å². The molecular weight excluding hydrogens is 332 g/mol. The second-order valence-corrected chi connectivity index (χ2v) is 6.33. The number of carbonyl (C=O) groups is 2. The van der Waals surface area contributed by atoms with Crippen LogP contribution in [-0.4, -0.2) is 35.9 Å². The number of amides is 2. The lowest BCUT2D eigenvalue weighted by molar-refractivity contribution is -0.140. The van der Waals surface area contributed by atoms with Crippen molar-refractivity contribution in [1.82, 2.24) is 10.2 Å². The third-order valence-electron chi connectivity index (χ3n) is 4.59. The number of furan rings is 1. The molecule has 0 saturated carbocycles. The number of likely N-dealkylation sites (tertiary alicyclic amines) is 1. The summed E-state index contributed by atoms with van der Waals surface area (Å²) in [6.07, 6.45) is 4.01. The number of aryl methyl sites for hydroxylation is 1. The Labute approximate surface area is 153 Å². The molecule has 2 amide bonds. The van der Waals surface area contributed by atoms with Crippen LogP contribution in [0.3, 0.4) is 0 Å². The average Bonchev–Trinajstić information content (AvgIpc) is 3.36. The van der Waals surface area contributed by atoms with Gasteiger partial charge in [0, 0.05) is 6.54 Å². The summed E-state index contributed by atoms with van der Waals surface area (Å²) in [5, 5.41) is 2.83. The monoisotopic (exact) mass is 356 g/mol. The molecule has 0 aliphatic carbocycles. The summed E-state index contributed by atoms with van der Waals surface area (Å²) in [6, 6.07) is 10.8. The lowest BCUT2D eigenvalue weighted by atomic mass is 10.2. The first kappa shape index (κ1) is 18.0. The van der Waals surface area contributed by atoms with Crippen LogP contribution in [0.2, 0.25) is 0 Å². The molecule has 0 radical (unpaired) electrons. The van der Waals surface area contributed by atoms with E-state index in [0.717, 1.165) is 12.8 Å². The molecule has 0 spiro atoms. The summed E-state index contributed by atoms with van der Waals surface area (Å²) in [4.78, 5) is 26.5. The Bertz CT molecular complexity index is 725. The van der Waals surface area contributed by atoms with Gasteiger partial charge in [0.1, 0.15) is 17.6 Å². The molecule has 6 heteroatoms. The molecule has 1 aliphatic heterocycles. The predicted molar refractivity (Wildman–Crippen MR) is 96.6 cm³/mol. The second-order valence-electron chi connectivity index (χ2n) is 6.33. The highest BCUT2D eigenvalue weighted by Gasteiger charge is 2.34. The van der Waals surface area contributed by atoms with E-state index in [-0.39, 0.29) is 18.4 Å². The molecule has 26 heavy (non-hydrogen) atoms. The Hall–Kier alpha value is -2.76. The minimum atomic E-state index is -0.441. The van der Waals surface area contributed by atoms with Crippen molar-refractivity contribution < 1.29 is 18.7 Å². The van der Waals surface area contributed by atoms with E-state index < -0.39 is 6.04 Å². The molecule has 1 N–H and O–H groups in total. The van der Waals surface area contributed by atoms with E-state index >= 15 is 0 Å². The Morgan fingerprint density at radius 1 is 1.27 bits per heavy atom. The van der Waals surface area contributed by atoms with Crippen molar-refractivity contribution in [2.24, 2.45) is 0 Å². The number of hydrogen-bond acceptors (Lipinski definition) is 4. The molecule has 1 atom stereocenters. The van der Waals surface area contributed by atoms with Gasteiger partial charge in [-0.25, -0.2) is 0 Å². The molecule has 2 aromatic rings. The Kier molecular flexibility index (Phi) is 5.94. The molecule has 1 aliphatic rings. The van der Waals surface area contributed by atoms with Gasteiger partial charge in [-0.15, -0.1) is 0 Å². The Morgan fingerprint density at radius 3 is 2.77 bits per heavy atom. The van der Waals surface area contributed by atoms with Crippen LogP contribution in [0.25, 0.3) is 0 Å². The van der Waals surface area contributed by atoms with Gasteiger partial charge in [-0.3, -0.25) is 9.59 Å². The van der Waals surface area contributed by atoms with Crippen LogP contribution in [0.1, 0.15) is 31.1 Å². The second kappa shape index (κ2) is 8.56. The zero-order valence-corrected chi connectivity index (χ0v) is 14.9. The number of hydrogen-bond donors (Lipinski definition) is 1. The van der Waals surface area contributed by atoms with Gasteiger partial charge >= 0.3 is 0 Å². The quantitative estimate of drug-likeness (QED) is 0.827. The minimum absolute atomic E-state index is 0.0621. The molecule has 2 heterocycles. The van der Waals surface area contributed by atoms with Crippen LogP contribution in [-0.2, 0) is 22.6 Å². The maximum Gasteiger partial charge on any atom is 0.261 e. The number of ether oxygens (including phenoxy) is 1. The average molecular weight is 356 g/mol. The third kappa shape index (κ3) is 4.45. The number of benzene rings is 1. The van der Waals surface area contributed by atoms with E-state index in [1.165, 1.54) is 5.56 Å². The largest absolute Gasteiger partial charge is 0.484 e. The van der Waals surface area contributed by atoms with Crippen molar-refractivity contribution in [2.45, 2.75) is 38.8 Å². The fraction of sp³-hybridized carbons (Fsp3) is 0.400. The first-order valence-electron chi connectivity index (χ1n) is 8.98. The standard InChI is InChI=1S/C20H24N2O4/c1-2-15-7-9-16(10-8-15)26-14-19(23)22-11-3-6-18(22)20(24)21-13-17-5-4-12-25-17/h4-5,7-10,12,18H,2-3,6,11,13-14H2,1H3,(H,21,24). The van der Waals surface area contributed by atoms with Crippen LogP contribution in [0, 0.1) is 0 Å². The molecule has 1 saturated heterocycles. The fourth-order valence-corrected chi connectivity index (χ4v) is 3.09. The van der Waals surface area contributed by atoms with Gasteiger partial charge < -0.3 is 19.4 Å². The Morgan fingerprint density at radius 2 is 2.08 bits per heavy atom. The first-order chi connectivity index (χ1) is 12.7. The molecule has 1 aromatic carbocycles. The highest BCUT2D eigenvalue weighted by atomic mass is 16.5. The Balaban J connectivity index is 1.51. The summed E-state index contributed by atoms with van der Waals surface area (Å²) in [5.74, 6) is 1.03. The van der Waals surface area contributed by atoms with E-state index in [1.807, 2.05) is 24.3 Å². The molecule has 138 valence electrons. The maximum atomic E-state index is 12.5. The van der Waals surface area contributed by atoms with Gasteiger partial charge in [0.15, 0.2) is 6.61 Å². The number of carbonyl (C=O) groups excluding carboxylic acids is 2. The summed E-state index contributed by atoms with van der Waals surface area (Å²) in [6.45, 7) is 2.93. The van der Waals surface area contributed by atoms with Crippen LogP contribution < -0.4 is 10.1 Å². The molecular formula is C20H24N2O4. The minimum Gasteiger partial charge on any atom is -0.484 e. The number of rotatable bonds is 7. The highest BCUT2D eigenvalue weighted by molar-refractivity contribution is 5.88. The molecule has 1 unspecified atom stereocenters. The summed E-state index contributed by atoms with van der Waals surface area (Å²) >= 11 is 0. The first-order valence-corrected chi connectivity index (χ1v) is 8.98. The van der Waals surface area contributed by atoms with E-state index in [4.69, 9.17) is 9.15 Å². The maximum absolute atomic E-state index is 12.5. The van der Waals surface area contributed by atoms with Crippen molar-refractivity contribution in [2.75, 3.05) is 13.2 Å². The van der Waals surface area contributed by atoms with Gasteiger partial charge in [0.25, 0.3) is 5.91 Å². The van der Waals surface area contributed by atoms with Gasteiger partial charge in [0.2, 0.25) is 5.91 Å². The lowest BCUT2D eigenvalue weighted by Gasteiger charge is -2.23. The smallest absolute Gasteiger partial charge is 0.261 e. The van der Waals surface area contributed by atoms with E-state index in [0.29, 0.717) is 31.0 Å². The zero-order chi connectivity index (χ0) is 18.4. The summed E-state index contributed by atoms with van der Waals surface area (Å²) in [7, 11) is 0. The molecule has 6 nitrogen and oxygen atoms in total. The fourth-order valence-electron chi connectivity index (χ4n) is 3.09. The highest BCUT2D eigenvalue weighted by Crippen LogP contribution is 2.19. The van der Waals surface area contributed by atoms with Gasteiger partial charge in [-0.2, -0.15) is 0 Å². The van der Waals surface area contributed by atoms with Crippen molar-refractivity contribution in [3.8, 4) is 5.75 Å². The van der Waals surface area contributed by atoms with E-state index in [9.17, 15) is 9.59 Å². The van der Waals surface area contributed by atoms with Gasteiger partial charge in [-0.1, -0.05) is 19.1 Å². The van der Waals surface area contributed by atoms with Crippen molar-refractivity contribution in [3.63, 3.8) is 0 Å². The summed E-state index contributed by atoms with van der Waals surface area (Å²) in [5.41, 5.74) is 1.22. The van der Waals surface area contributed by atoms with Crippen LogP contribution in [0.15, 0.2) is 47.1 Å². The SMILES string of the molecule is CCc1ccc(OCC(=O)N2CCCC2C(=O)NCc2ccco2)cc1. The van der Waals surface area contributed by atoms with Crippen molar-refractivity contribution in [3.05, 3.63) is 54.0 Å². The molecule has 1 aromatic heterocycles. The van der Waals surface area contributed by atoms with Crippen LogP contribution >= 0.6 is 0 Å². The van der Waals surface area contributed by atoms with Gasteiger partial charge in [-0.05, 0) is 49.1 Å². The van der Waals surface area contributed by atoms with Crippen LogP contribution in [0.5, 0.6) is 5.75 Å². The third-order valence-corrected chi connectivity index (χ3v) is 4.59. The normalized spacial score (nSPS) is 16.5. The van der Waals surface area contributed by atoms with Crippen LogP contribution in [0.4, 0.5) is 0 Å². The lowest BCUT2D eigenvalue weighted by Crippen LogP contribution is -2.47. The summed E-state index contributed by atoms with van der Waals surface area (Å²) < 4.78 is 10.8. The van der Waals surface area contributed by atoms with E-state index in [2.05, 4.69) is 12.2 Å². The topological polar surface area (TPSA) is 71.8 Å². The van der Waals surface area contributed by atoms with E-state index in [1.54, 1.807) is 23.3 Å². The number of nitrogens with zero attached hydrogens (tertiary/aromatic N) is 1. The predicted octanol–water partition coefficient (Wildman–Crippen LogP) is 2.53. The molecule has 3 rings (SSSR count). The molecule has 0 bridgehead atoms. The van der Waals surface area contributed by atoms with Gasteiger partial charge in [0.05, 0.1) is 12.8 Å². The zero-order valence-electron chi connectivity index (χ0n) is 14.9. The van der Waals surface area contributed by atoms with Crippen molar-refractivity contribution in [1.29, 1.82) is 0 Å². The number of nitrogens with one attached hydrogen (secondary N) is 1. The molecule has 1 fully saturated rings.